The summed E-state index contributed by atoms with van der Waals surface area (Å²) < 4.78 is 12.5. The molecule has 2 amide bonds. The molecule has 5 heteroatoms. The number of carbonyl (C=O) groups excluding carboxylic acids is 1. The highest BCUT2D eigenvalue weighted by Crippen LogP contribution is 2.10. The van der Waals surface area contributed by atoms with Crippen molar-refractivity contribution in [2.24, 2.45) is 0 Å². The predicted molar refractivity (Wildman–Crippen MR) is 57.9 cm³/mol. The van der Waals surface area contributed by atoms with Crippen molar-refractivity contribution in [3.63, 3.8) is 0 Å². The molecule has 1 N–H and O–H groups in total. The first kappa shape index (κ1) is 10.4. The van der Waals surface area contributed by atoms with Crippen molar-refractivity contribution in [2.45, 2.75) is 12.6 Å². The fraction of sp³-hybridized carbons (Fsp3) is 0.500. The van der Waals surface area contributed by atoms with Gasteiger partial charge in [0.2, 0.25) is 0 Å². The van der Waals surface area contributed by atoms with Crippen molar-refractivity contribution >= 4 is 17.4 Å². The van der Waals surface area contributed by atoms with E-state index in [1.165, 1.54) is 10.5 Å². The number of alkyl halides is 1. The van der Waals surface area contributed by atoms with E-state index in [2.05, 4.69) is 10.7 Å². The second-order valence-electron chi connectivity index (χ2n) is 3.62. The molecule has 1 aromatic rings. The van der Waals surface area contributed by atoms with Gasteiger partial charge in [0.25, 0.3) is 0 Å². The van der Waals surface area contributed by atoms with Gasteiger partial charge in [-0.2, -0.15) is 11.3 Å². The van der Waals surface area contributed by atoms with Crippen LogP contribution in [0.5, 0.6) is 0 Å². The average Bonchev–Trinajstić information content (AvgIpc) is 2.65. The molecule has 1 fully saturated rings. The van der Waals surface area contributed by atoms with E-state index in [1.54, 1.807) is 11.3 Å². The minimum absolute atomic E-state index is 0.154. The summed E-state index contributed by atoms with van der Waals surface area (Å²) >= 11 is 1.65. The molecule has 2 heterocycles. The Bertz CT molecular complexity index is 322. The fourth-order valence-electron chi connectivity index (χ4n) is 1.45. The van der Waals surface area contributed by atoms with Gasteiger partial charge in [0, 0.05) is 6.54 Å². The quantitative estimate of drug-likeness (QED) is 0.838. The molecule has 2 rings (SSSR count). The molecule has 0 aliphatic carbocycles. The van der Waals surface area contributed by atoms with E-state index in [9.17, 15) is 9.18 Å². The van der Waals surface area contributed by atoms with Crippen LogP contribution in [-0.4, -0.2) is 36.7 Å². The van der Waals surface area contributed by atoms with E-state index < -0.39 is 6.17 Å². The summed E-state index contributed by atoms with van der Waals surface area (Å²) in [6.07, 6.45) is 0.00918. The lowest BCUT2D eigenvalue weighted by atomic mass is 10.2. The Hall–Kier alpha value is -1.10. The Morgan fingerprint density at radius 2 is 2.47 bits per heavy atom. The molecule has 1 aliphatic heterocycles. The number of urea groups is 1. The van der Waals surface area contributed by atoms with Crippen LogP contribution in [0.25, 0.3) is 0 Å². The molecule has 15 heavy (non-hydrogen) atoms. The highest BCUT2D eigenvalue weighted by atomic mass is 32.1. The van der Waals surface area contributed by atoms with Crippen LogP contribution < -0.4 is 5.32 Å². The largest absolute Gasteiger partial charge is 0.338 e. The first-order valence-corrected chi connectivity index (χ1v) is 5.88. The highest BCUT2D eigenvalue weighted by Gasteiger charge is 2.29. The van der Waals surface area contributed by atoms with Gasteiger partial charge in [0.05, 0.1) is 13.1 Å². The van der Waals surface area contributed by atoms with E-state index in [0.29, 0.717) is 6.54 Å². The summed E-state index contributed by atoms with van der Waals surface area (Å²) in [7, 11) is 0. The van der Waals surface area contributed by atoms with E-state index in [1.807, 2.05) is 11.4 Å². The Morgan fingerprint density at radius 3 is 3.07 bits per heavy atom. The number of amides is 2. The third-order valence-electron chi connectivity index (χ3n) is 2.39. The minimum Gasteiger partial charge on any atom is -0.338 e. The van der Waals surface area contributed by atoms with E-state index in [-0.39, 0.29) is 19.1 Å². The molecule has 1 aromatic heterocycles. The van der Waals surface area contributed by atoms with Gasteiger partial charge in [-0.05, 0) is 28.8 Å². The number of nitrogens with one attached hydrogen (secondary N) is 1. The summed E-state index contributed by atoms with van der Waals surface area (Å²) in [5, 5.41) is 6.85. The van der Waals surface area contributed by atoms with Gasteiger partial charge in [-0.3, -0.25) is 0 Å². The first-order valence-electron chi connectivity index (χ1n) is 4.93. The number of rotatable bonds is 3. The molecule has 1 saturated heterocycles. The second-order valence-corrected chi connectivity index (χ2v) is 4.40. The van der Waals surface area contributed by atoms with Crippen LogP contribution in [0.15, 0.2) is 16.8 Å². The maximum Gasteiger partial charge on any atom is 0.317 e. The molecule has 0 spiro atoms. The normalized spacial score (nSPS) is 16.2. The average molecular weight is 228 g/mol. The fourth-order valence-corrected chi connectivity index (χ4v) is 2.15. The molecule has 0 atom stereocenters. The number of nitrogens with zero attached hydrogens (tertiary/aromatic N) is 1. The maximum atomic E-state index is 12.5. The zero-order valence-corrected chi connectivity index (χ0v) is 9.10. The molecule has 3 nitrogen and oxygen atoms in total. The van der Waals surface area contributed by atoms with Crippen molar-refractivity contribution in [3.8, 4) is 0 Å². The van der Waals surface area contributed by atoms with Crippen LogP contribution in [-0.2, 0) is 6.42 Å². The van der Waals surface area contributed by atoms with Gasteiger partial charge >= 0.3 is 6.03 Å². The van der Waals surface area contributed by atoms with Crippen LogP contribution >= 0.6 is 11.3 Å². The molecule has 82 valence electrons. The van der Waals surface area contributed by atoms with Gasteiger partial charge < -0.3 is 10.2 Å². The van der Waals surface area contributed by atoms with Crippen molar-refractivity contribution < 1.29 is 9.18 Å². The topological polar surface area (TPSA) is 32.3 Å². The van der Waals surface area contributed by atoms with Crippen molar-refractivity contribution in [1.29, 1.82) is 0 Å². The van der Waals surface area contributed by atoms with Crippen LogP contribution in [0.2, 0.25) is 0 Å². The SMILES string of the molecule is O=C(NCCc1ccsc1)N1CC(F)C1. The Balaban J connectivity index is 1.64. The van der Waals surface area contributed by atoms with E-state index in [4.69, 9.17) is 0 Å². The smallest absolute Gasteiger partial charge is 0.317 e. The van der Waals surface area contributed by atoms with E-state index in [0.717, 1.165) is 6.42 Å². The molecule has 0 aromatic carbocycles. The summed E-state index contributed by atoms with van der Waals surface area (Å²) in [6.45, 7) is 1.09. The third kappa shape index (κ3) is 2.68. The van der Waals surface area contributed by atoms with Gasteiger partial charge in [-0.1, -0.05) is 0 Å². The molecule has 0 unspecified atom stereocenters. The van der Waals surface area contributed by atoms with Crippen LogP contribution in [0.4, 0.5) is 9.18 Å². The molecular weight excluding hydrogens is 215 g/mol. The van der Waals surface area contributed by atoms with Crippen molar-refractivity contribution in [3.05, 3.63) is 22.4 Å². The lowest BCUT2D eigenvalue weighted by Gasteiger charge is -2.34. The van der Waals surface area contributed by atoms with Gasteiger partial charge in [-0.25, -0.2) is 9.18 Å². The van der Waals surface area contributed by atoms with Gasteiger partial charge in [0.15, 0.2) is 0 Å². The molecule has 0 radical (unpaired) electrons. The third-order valence-corrected chi connectivity index (χ3v) is 3.13. The molecule has 1 aliphatic rings. The monoisotopic (exact) mass is 228 g/mol. The number of hydrogen-bond donors (Lipinski definition) is 1. The zero-order valence-electron chi connectivity index (χ0n) is 8.28. The number of hydrogen-bond acceptors (Lipinski definition) is 2. The summed E-state index contributed by atoms with van der Waals surface area (Å²) in [6, 6.07) is 1.89. The summed E-state index contributed by atoms with van der Waals surface area (Å²) in [4.78, 5) is 12.8. The van der Waals surface area contributed by atoms with Crippen molar-refractivity contribution in [2.75, 3.05) is 19.6 Å². The molecular formula is C10H13FN2OS. The van der Waals surface area contributed by atoms with Crippen LogP contribution in [0.1, 0.15) is 5.56 Å². The van der Waals surface area contributed by atoms with Gasteiger partial charge in [0.1, 0.15) is 6.17 Å². The Morgan fingerprint density at radius 1 is 1.67 bits per heavy atom. The lowest BCUT2D eigenvalue weighted by Crippen LogP contribution is -2.55. The first-order chi connectivity index (χ1) is 7.25. The van der Waals surface area contributed by atoms with Gasteiger partial charge in [-0.15, -0.1) is 0 Å². The summed E-state index contributed by atoms with van der Waals surface area (Å²) in [5.74, 6) is 0. The Kier molecular flexibility index (Phi) is 3.20. The lowest BCUT2D eigenvalue weighted by molar-refractivity contribution is 0.0900. The van der Waals surface area contributed by atoms with Crippen molar-refractivity contribution in [1.82, 2.24) is 10.2 Å². The van der Waals surface area contributed by atoms with E-state index >= 15 is 0 Å². The number of likely N-dealkylation sites (tertiary alicyclic amines) is 1. The van der Waals surface area contributed by atoms with Crippen LogP contribution in [0.3, 0.4) is 0 Å². The van der Waals surface area contributed by atoms with Crippen LogP contribution in [0, 0.1) is 0 Å². The predicted octanol–water partition coefficient (Wildman–Crippen LogP) is 1.65. The standard InChI is InChI=1S/C10H13FN2OS/c11-9-5-13(6-9)10(14)12-3-1-8-2-4-15-7-8/h2,4,7,9H,1,3,5-6H2,(H,12,14). The second kappa shape index (κ2) is 4.61. The highest BCUT2D eigenvalue weighted by molar-refractivity contribution is 7.07. The Labute approximate surface area is 91.9 Å². The number of carbonyl (C=O) groups is 1. The minimum atomic E-state index is -0.826. The molecule has 0 saturated carbocycles. The molecule has 0 bridgehead atoms. The number of halogens is 1. The zero-order chi connectivity index (χ0) is 10.7. The number of thiophene rings is 1. The maximum absolute atomic E-state index is 12.5. The summed E-state index contributed by atoms with van der Waals surface area (Å²) in [5.41, 5.74) is 1.23.